The minimum Gasteiger partial charge on any atom is -0.455 e. The lowest BCUT2D eigenvalue weighted by Crippen LogP contribution is -2.32. The van der Waals surface area contributed by atoms with Crippen molar-refractivity contribution in [2.45, 2.75) is 18.5 Å². The molecule has 3 N–H and O–H groups in total. The number of carbonyl (C=O) groups is 1. The molecule has 0 aliphatic carbocycles. The summed E-state index contributed by atoms with van der Waals surface area (Å²) in [4.78, 5) is 14.3. The van der Waals surface area contributed by atoms with E-state index in [0.717, 1.165) is 11.8 Å². The molecule has 1 aromatic heterocycles. The van der Waals surface area contributed by atoms with Crippen LogP contribution in [0.1, 0.15) is 27.8 Å². The van der Waals surface area contributed by atoms with E-state index < -0.39 is 10.0 Å². The van der Waals surface area contributed by atoms with Crippen LogP contribution in [-0.4, -0.2) is 44.6 Å². The molecule has 1 amide bonds. The lowest BCUT2D eigenvalue weighted by Gasteiger charge is -2.15. The van der Waals surface area contributed by atoms with Gasteiger partial charge in [-0.05, 0) is 17.7 Å². The Kier molecular flexibility index (Phi) is 6.46. The van der Waals surface area contributed by atoms with E-state index in [1.807, 2.05) is 30.3 Å². The van der Waals surface area contributed by atoms with E-state index >= 15 is 0 Å². The SMILES string of the molecule is CS(=O)(=O)NCc1ccc(C(=O)N2C[C@@H](N)[C@H](c3ccccc3)C2)o1.Cl. The zero-order valence-corrected chi connectivity index (χ0v) is 15.9. The molecule has 0 saturated carbocycles. The smallest absolute Gasteiger partial charge is 0.289 e. The number of nitrogens with two attached hydrogens (primary N) is 1. The summed E-state index contributed by atoms with van der Waals surface area (Å²) in [5, 5.41) is 0. The number of halogens is 1. The fourth-order valence-corrected chi connectivity index (χ4v) is 3.40. The zero-order valence-electron chi connectivity index (χ0n) is 14.3. The van der Waals surface area contributed by atoms with Crippen molar-refractivity contribution in [3.8, 4) is 0 Å². The molecule has 7 nitrogen and oxygen atoms in total. The van der Waals surface area contributed by atoms with Gasteiger partial charge in [0.1, 0.15) is 5.76 Å². The van der Waals surface area contributed by atoms with Gasteiger partial charge in [0.15, 0.2) is 5.76 Å². The van der Waals surface area contributed by atoms with E-state index in [-0.39, 0.29) is 42.6 Å². The summed E-state index contributed by atoms with van der Waals surface area (Å²) in [6.07, 6.45) is 1.07. The number of nitrogens with zero attached hydrogens (tertiary/aromatic N) is 1. The second-order valence-electron chi connectivity index (χ2n) is 6.25. The number of carbonyl (C=O) groups excluding carboxylic acids is 1. The van der Waals surface area contributed by atoms with Crippen LogP contribution in [0.15, 0.2) is 46.9 Å². The summed E-state index contributed by atoms with van der Waals surface area (Å²) in [6, 6.07) is 12.9. The lowest BCUT2D eigenvalue weighted by molar-refractivity contribution is 0.0755. The molecule has 1 fully saturated rings. The van der Waals surface area contributed by atoms with E-state index in [4.69, 9.17) is 10.2 Å². The predicted molar refractivity (Wildman–Crippen MR) is 101 cm³/mol. The van der Waals surface area contributed by atoms with Crippen molar-refractivity contribution < 1.29 is 17.6 Å². The highest BCUT2D eigenvalue weighted by Crippen LogP contribution is 2.27. The molecule has 9 heteroatoms. The number of sulfonamides is 1. The minimum atomic E-state index is -3.32. The molecule has 2 atom stereocenters. The Bertz CT molecular complexity index is 854. The average Bonchev–Trinajstić information content (AvgIpc) is 3.19. The Morgan fingerprint density at radius 2 is 1.92 bits per heavy atom. The van der Waals surface area contributed by atoms with Crippen LogP contribution in [0.25, 0.3) is 0 Å². The third-order valence-corrected chi connectivity index (χ3v) is 4.93. The van der Waals surface area contributed by atoms with Crippen molar-refractivity contribution in [1.29, 1.82) is 0 Å². The van der Waals surface area contributed by atoms with Crippen LogP contribution in [0.5, 0.6) is 0 Å². The van der Waals surface area contributed by atoms with Gasteiger partial charge in [0.05, 0.1) is 12.8 Å². The molecule has 142 valence electrons. The largest absolute Gasteiger partial charge is 0.455 e. The summed E-state index contributed by atoms with van der Waals surface area (Å²) in [5.41, 5.74) is 7.33. The molecule has 1 aliphatic rings. The Morgan fingerprint density at radius 3 is 2.58 bits per heavy atom. The average molecular weight is 400 g/mol. The van der Waals surface area contributed by atoms with E-state index in [1.54, 1.807) is 17.0 Å². The first-order chi connectivity index (χ1) is 11.8. The van der Waals surface area contributed by atoms with Gasteiger partial charge in [-0.2, -0.15) is 0 Å². The van der Waals surface area contributed by atoms with Crippen molar-refractivity contribution >= 4 is 28.3 Å². The molecule has 0 radical (unpaired) electrons. The van der Waals surface area contributed by atoms with Gasteiger partial charge in [0, 0.05) is 25.0 Å². The summed E-state index contributed by atoms with van der Waals surface area (Å²) < 4.78 is 30.0. The summed E-state index contributed by atoms with van der Waals surface area (Å²) in [7, 11) is -3.32. The molecular weight excluding hydrogens is 378 g/mol. The lowest BCUT2D eigenvalue weighted by atomic mass is 9.95. The Morgan fingerprint density at radius 1 is 1.23 bits per heavy atom. The maximum atomic E-state index is 12.6. The van der Waals surface area contributed by atoms with E-state index in [1.165, 1.54) is 0 Å². The topological polar surface area (TPSA) is 106 Å². The Labute approximate surface area is 159 Å². The van der Waals surface area contributed by atoms with Gasteiger partial charge in [-0.1, -0.05) is 30.3 Å². The number of amides is 1. The number of hydrogen-bond acceptors (Lipinski definition) is 5. The second kappa shape index (κ2) is 8.22. The first-order valence-corrected chi connectivity index (χ1v) is 9.86. The number of furan rings is 1. The van der Waals surface area contributed by atoms with E-state index in [9.17, 15) is 13.2 Å². The normalized spacial score (nSPS) is 20.0. The van der Waals surface area contributed by atoms with Crippen molar-refractivity contribution in [3.63, 3.8) is 0 Å². The van der Waals surface area contributed by atoms with Gasteiger partial charge < -0.3 is 15.1 Å². The fraction of sp³-hybridized carbons (Fsp3) is 0.353. The van der Waals surface area contributed by atoms with Crippen molar-refractivity contribution in [2.24, 2.45) is 5.73 Å². The fourth-order valence-electron chi connectivity index (χ4n) is 2.99. The molecule has 26 heavy (non-hydrogen) atoms. The number of nitrogens with one attached hydrogen (secondary N) is 1. The second-order valence-corrected chi connectivity index (χ2v) is 8.08. The number of rotatable bonds is 5. The van der Waals surface area contributed by atoms with Crippen LogP contribution in [0.3, 0.4) is 0 Å². The molecule has 2 aromatic rings. The molecule has 0 unspecified atom stereocenters. The van der Waals surface area contributed by atoms with Crippen LogP contribution in [0.4, 0.5) is 0 Å². The first kappa shape index (κ1) is 20.4. The Balaban J connectivity index is 0.00000243. The van der Waals surface area contributed by atoms with Gasteiger partial charge >= 0.3 is 0 Å². The molecule has 1 aliphatic heterocycles. The van der Waals surface area contributed by atoms with Crippen LogP contribution in [-0.2, 0) is 16.6 Å². The Hall–Kier alpha value is -1.87. The minimum absolute atomic E-state index is 0. The molecule has 1 aromatic carbocycles. The number of benzene rings is 1. The van der Waals surface area contributed by atoms with Crippen molar-refractivity contribution in [2.75, 3.05) is 19.3 Å². The summed E-state index contributed by atoms with van der Waals surface area (Å²) >= 11 is 0. The highest BCUT2D eigenvalue weighted by Gasteiger charge is 2.35. The van der Waals surface area contributed by atoms with Gasteiger partial charge in [0.2, 0.25) is 10.0 Å². The van der Waals surface area contributed by atoms with Crippen LogP contribution in [0, 0.1) is 0 Å². The van der Waals surface area contributed by atoms with Crippen molar-refractivity contribution in [3.05, 3.63) is 59.5 Å². The quantitative estimate of drug-likeness (QED) is 0.788. The maximum absolute atomic E-state index is 12.6. The predicted octanol–water partition coefficient (Wildman–Crippen LogP) is 1.32. The van der Waals surface area contributed by atoms with Gasteiger partial charge in [0.25, 0.3) is 5.91 Å². The number of hydrogen-bond donors (Lipinski definition) is 2. The summed E-state index contributed by atoms with van der Waals surface area (Å²) in [6.45, 7) is 0.996. The molecule has 1 saturated heterocycles. The monoisotopic (exact) mass is 399 g/mol. The first-order valence-electron chi connectivity index (χ1n) is 7.96. The van der Waals surface area contributed by atoms with Gasteiger partial charge in [-0.3, -0.25) is 4.79 Å². The molecule has 0 spiro atoms. The zero-order chi connectivity index (χ0) is 18.0. The van der Waals surface area contributed by atoms with Crippen molar-refractivity contribution in [1.82, 2.24) is 9.62 Å². The molecule has 0 bridgehead atoms. The highest BCUT2D eigenvalue weighted by molar-refractivity contribution is 7.88. The van der Waals surface area contributed by atoms with Crippen LogP contribution < -0.4 is 10.5 Å². The molecule has 3 rings (SSSR count). The standard InChI is InChI=1S/C17H21N3O4S.ClH/c1-25(22,23)19-9-13-7-8-16(24-13)17(21)20-10-14(15(18)11-20)12-5-3-2-4-6-12;/h2-8,14-15,19H,9-11,18H2,1H3;1H/t14-,15+;/m0./s1. The third-order valence-electron chi connectivity index (χ3n) is 4.26. The van der Waals surface area contributed by atoms with E-state index in [2.05, 4.69) is 4.72 Å². The van der Waals surface area contributed by atoms with Crippen LogP contribution in [0.2, 0.25) is 0 Å². The number of likely N-dealkylation sites (tertiary alicyclic amines) is 1. The molecule has 2 heterocycles. The summed E-state index contributed by atoms with van der Waals surface area (Å²) in [5.74, 6) is 0.425. The van der Waals surface area contributed by atoms with Gasteiger partial charge in [-0.15, -0.1) is 12.4 Å². The van der Waals surface area contributed by atoms with E-state index in [0.29, 0.717) is 18.8 Å². The highest BCUT2D eigenvalue weighted by atomic mass is 35.5. The maximum Gasteiger partial charge on any atom is 0.289 e. The van der Waals surface area contributed by atoms with Gasteiger partial charge in [-0.25, -0.2) is 13.1 Å². The third kappa shape index (κ3) is 4.85. The van der Waals surface area contributed by atoms with Crippen LogP contribution >= 0.6 is 12.4 Å². The molecular formula is C17H22ClN3O4S.